The molecule has 4 nitrogen and oxygen atoms in total. The molecule has 1 saturated carbocycles. The number of carbonyl (C=O) groups excluding carboxylic acids is 2. The molecule has 0 aromatic rings. The topological polar surface area (TPSA) is 40.6 Å². The summed E-state index contributed by atoms with van der Waals surface area (Å²) in [6.45, 7) is 3.33. The number of hydrogen-bond donors (Lipinski definition) is 0. The number of carbonyl (C=O) groups is 2. The van der Waals surface area contributed by atoms with Crippen LogP contribution in [-0.2, 0) is 9.59 Å². The predicted molar refractivity (Wildman–Crippen MR) is 99.0 cm³/mol. The van der Waals surface area contributed by atoms with Crippen molar-refractivity contribution < 1.29 is 9.59 Å². The summed E-state index contributed by atoms with van der Waals surface area (Å²) in [5.74, 6) is 2.17. The average molecular weight is 353 g/mol. The van der Waals surface area contributed by atoms with Crippen LogP contribution >= 0.6 is 11.8 Å². The van der Waals surface area contributed by atoms with Gasteiger partial charge in [0, 0.05) is 38.4 Å². The van der Waals surface area contributed by atoms with E-state index in [1.165, 1.54) is 32.1 Å². The molecule has 24 heavy (non-hydrogen) atoms. The van der Waals surface area contributed by atoms with Crippen LogP contribution in [0, 0.1) is 11.3 Å². The van der Waals surface area contributed by atoms with Crippen LogP contribution in [-0.4, -0.2) is 59.8 Å². The molecule has 0 aromatic carbocycles. The first-order valence-corrected chi connectivity index (χ1v) is 11.1. The van der Waals surface area contributed by atoms with Gasteiger partial charge in [-0.2, -0.15) is 11.8 Å². The fourth-order valence-electron chi connectivity index (χ4n) is 4.82. The predicted octanol–water partition coefficient (Wildman–Crippen LogP) is 3.16. The van der Waals surface area contributed by atoms with Gasteiger partial charge in [0.15, 0.2) is 0 Å². The van der Waals surface area contributed by atoms with Crippen LogP contribution in [0.25, 0.3) is 0 Å². The minimum absolute atomic E-state index is 0.235. The van der Waals surface area contributed by atoms with Gasteiger partial charge in [0.05, 0.1) is 5.41 Å². The van der Waals surface area contributed by atoms with Crippen molar-refractivity contribution >= 4 is 23.6 Å². The number of piperidine rings is 1. The molecule has 1 aliphatic carbocycles. The van der Waals surface area contributed by atoms with Gasteiger partial charge in [0.25, 0.3) is 0 Å². The molecule has 2 aliphatic heterocycles. The molecule has 3 fully saturated rings. The maximum Gasteiger partial charge on any atom is 0.230 e. The van der Waals surface area contributed by atoms with Crippen molar-refractivity contribution in [1.82, 2.24) is 9.80 Å². The molecule has 0 aromatic heterocycles. The quantitative estimate of drug-likeness (QED) is 0.763. The number of amides is 2. The first-order chi connectivity index (χ1) is 11.6. The highest BCUT2D eigenvalue weighted by Crippen LogP contribution is 2.41. The smallest absolute Gasteiger partial charge is 0.230 e. The summed E-state index contributed by atoms with van der Waals surface area (Å²) < 4.78 is 0. The third-order valence-electron chi connectivity index (χ3n) is 6.25. The van der Waals surface area contributed by atoms with E-state index in [9.17, 15) is 9.59 Å². The Morgan fingerprint density at radius 3 is 2.71 bits per heavy atom. The SMILES string of the molecule is CSCCC(=O)N1CC[C@]2(CCCN(CC3CCCCC3)C2=O)C1. The van der Waals surface area contributed by atoms with Crippen molar-refractivity contribution in [3.8, 4) is 0 Å². The summed E-state index contributed by atoms with van der Waals surface area (Å²) in [7, 11) is 0. The molecule has 0 unspecified atom stereocenters. The lowest BCUT2D eigenvalue weighted by molar-refractivity contribution is -0.147. The Morgan fingerprint density at radius 1 is 1.17 bits per heavy atom. The maximum absolute atomic E-state index is 13.2. The van der Waals surface area contributed by atoms with Crippen LogP contribution in [0.2, 0.25) is 0 Å². The molecule has 136 valence electrons. The molecule has 1 atom stereocenters. The number of hydrogen-bond acceptors (Lipinski definition) is 3. The summed E-state index contributed by atoms with van der Waals surface area (Å²) >= 11 is 1.71. The number of likely N-dealkylation sites (tertiary alicyclic amines) is 2. The average Bonchev–Trinajstić information content (AvgIpc) is 3.03. The highest BCUT2D eigenvalue weighted by atomic mass is 32.2. The van der Waals surface area contributed by atoms with Gasteiger partial charge in [0.1, 0.15) is 0 Å². The van der Waals surface area contributed by atoms with Crippen LogP contribution in [0.15, 0.2) is 0 Å². The molecule has 0 bridgehead atoms. The van der Waals surface area contributed by atoms with E-state index in [0.717, 1.165) is 44.6 Å². The summed E-state index contributed by atoms with van der Waals surface area (Å²) in [5.41, 5.74) is -0.262. The fraction of sp³-hybridized carbons (Fsp3) is 0.895. The summed E-state index contributed by atoms with van der Waals surface area (Å²) in [5, 5.41) is 0. The van der Waals surface area contributed by atoms with Crippen LogP contribution < -0.4 is 0 Å². The van der Waals surface area contributed by atoms with Gasteiger partial charge in [0.2, 0.25) is 11.8 Å². The lowest BCUT2D eigenvalue weighted by Gasteiger charge is -2.41. The third-order valence-corrected chi connectivity index (χ3v) is 6.87. The summed E-state index contributed by atoms with van der Waals surface area (Å²) in [6.07, 6.45) is 12.2. The van der Waals surface area contributed by atoms with Crippen molar-refractivity contribution in [3.63, 3.8) is 0 Å². The zero-order valence-corrected chi connectivity index (χ0v) is 15.9. The van der Waals surface area contributed by atoms with Gasteiger partial charge in [-0.25, -0.2) is 0 Å². The first-order valence-electron chi connectivity index (χ1n) is 9.71. The Morgan fingerprint density at radius 2 is 1.96 bits per heavy atom. The molecular formula is C19H32N2O2S. The molecule has 3 rings (SSSR count). The second-order valence-electron chi connectivity index (χ2n) is 7.95. The Balaban J connectivity index is 1.59. The minimum atomic E-state index is -0.262. The van der Waals surface area contributed by atoms with Crippen molar-refractivity contribution in [1.29, 1.82) is 0 Å². The van der Waals surface area contributed by atoms with Crippen molar-refractivity contribution in [2.45, 2.75) is 57.8 Å². The van der Waals surface area contributed by atoms with Crippen molar-refractivity contribution in [3.05, 3.63) is 0 Å². The monoisotopic (exact) mass is 352 g/mol. The molecule has 0 N–H and O–H groups in total. The normalized spacial score (nSPS) is 28.8. The first kappa shape index (κ1) is 18.1. The number of nitrogens with zero attached hydrogens (tertiary/aromatic N) is 2. The Hall–Kier alpha value is -0.710. The third kappa shape index (κ3) is 3.92. The van der Waals surface area contributed by atoms with E-state index in [2.05, 4.69) is 4.90 Å². The molecule has 2 saturated heterocycles. The largest absolute Gasteiger partial charge is 0.342 e. The van der Waals surface area contributed by atoms with Crippen molar-refractivity contribution in [2.24, 2.45) is 11.3 Å². The van der Waals surface area contributed by atoms with Crippen LogP contribution in [0.5, 0.6) is 0 Å². The van der Waals surface area contributed by atoms with E-state index in [0.29, 0.717) is 24.8 Å². The van der Waals surface area contributed by atoms with E-state index >= 15 is 0 Å². The zero-order chi connectivity index (χ0) is 17.0. The van der Waals surface area contributed by atoms with E-state index < -0.39 is 0 Å². The summed E-state index contributed by atoms with van der Waals surface area (Å²) in [4.78, 5) is 29.6. The van der Waals surface area contributed by atoms with Crippen LogP contribution in [0.4, 0.5) is 0 Å². The molecular weight excluding hydrogens is 320 g/mol. The van der Waals surface area contributed by atoms with Gasteiger partial charge < -0.3 is 9.80 Å². The Kier molecular flexibility index (Phi) is 6.12. The second-order valence-corrected chi connectivity index (χ2v) is 8.93. The van der Waals surface area contributed by atoms with E-state index in [1.807, 2.05) is 11.2 Å². The Labute approximate surface area is 150 Å². The van der Waals surface area contributed by atoms with Gasteiger partial charge in [-0.05, 0) is 44.3 Å². The second kappa shape index (κ2) is 8.11. The van der Waals surface area contributed by atoms with Crippen molar-refractivity contribution in [2.75, 3.05) is 38.2 Å². The van der Waals surface area contributed by atoms with E-state index in [4.69, 9.17) is 0 Å². The highest BCUT2D eigenvalue weighted by Gasteiger charge is 2.49. The maximum atomic E-state index is 13.2. The lowest BCUT2D eigenvalue weighted by Crippen LogP contribution is -2.51. The number of thioether (sulfide) groups is 1. The Bertz CT molecular complexity index is 464. The highest BCUT2D eigenvalue weighted by molar-refractivity contribution is 7.98. The number of rotatable bonds is 5. The van der Waals surface area contributed by atoms with Gasteiger partial charge in [-0.1, -0.05) is 19.3 Å². The molecule has 1 spiro atoms. The molecule has 2 amide bonds. The standard InChI is InChI=1S/C19H32N2O2S/c1-24-13-8-17(22)21-12-10-19(15-21)9-5-11-20(18(19)23)14-16-6-3-2-4-7-16/h16H,2-15H2,1H3/t19-/m1/s1. The van der Waals surface area contributed by atoms with Crippen LogP contribution in [0.3, 0.4) is 0 Å². The molecule has 3 aliphatic rings. The minimum Gasteiger partial charge on any atom is -0.342 e. The van der Waals surface area contributed by atoms with Gasteiger partial charge >= 0.3 is 0 Å². The fourth-order valence-corrected chi connectivity index (χ4v) is 5.20. The van der Waals surface area contributed by atoms with Gasteiger partial charge in [-0.15, -0.1) is 0 Å². The molecule has 0 radical (unpaired) electrons. The van der Waals surface area contributed by atoms with Crippen LogP contribution in [0.1, 0.15) is 57.8 Å². The van der Waals surface area contributed by atoms with E-state index in [-0.39, 0.29) is 11.3 Å². The molecule has 5 heteroatoms. The zero-order valence-electron chi connectivity index (χ0n) is 15.1. The lowest BCUT2D eigenvalue weighted by atomic mass is 9.77. The summed E-state index contributed by atoms with van der Waals surface area (Å²) in [6, 6.07) is 0. The molecule has 2 heterocycles. The van der Waals surface area contributed by atoms with Gasteiger partial charge in [-0.3, -0.25) is 9.59 Å². The van der Waals surface area contributed by atoms with E-state index in [1.54, 1.807) is 11.8 Å².